The number of alkyl halides is 2. The summed E-state index contributed by atoms with van der Waals surface area (Å²) in [4.78, 5) is 16.2. The predicted octanol–water partition coefficient (Wildman–Crippen LogP) is 3.43. The summed E-state index contributed by atoms with van der Waals surface area (Å²) < 4.78 is 32.3. The zero-order chi connectivity index (χ0) is 17.9. The summed E-state index contributed by atoms with van der Waals surface area (Å²) in [5.41, 5.74) is -0.453. The summed E-state index contributed by atoms with van der Waals surface area (Å²) in [6.07, 6.45) is 4.20. The van der Waals surface area contributed by atoms with Crippen LogP contribution in [-0.2, 0) is 6.54 Å². The highest BCUT2D eigenvalue weighted by Gasteiger charge is 2.49. The Hall–Kier alpha value is -1.92. The number of ether oxygens (including phenoxy) is 1. The molecule has 1 aromatic heterocycles. The fourth-order valence-electron chi connectivity index (χ4n) is 3.63. The molecule has 1 atom stereocenters. The SMILES string of the molecule is C[C@H](F)COc1cc(CNC(=O)NC23CCC(F)(CC2)CC3)ccn1. The van der Waals surface area contributed by atoms with E-state index < -0.39 is 11.8 Å². The molecule has 2 amide bonds. The lowest BCUT2D eigenvalue weighted by atomic mass is 9.64. The minimum atomic E-state index is -1.07. The maximum atomic E-state index is 14.2. The van der Waals surface area contributed by atoms with Gasteiger partial charge in [0.1, 0.15) is 18.4 Å². The Kier molecular flexibility index (Phi) is 5.11. The van der Waals surface area contributed by atoms with Gasteiger partial charge in [0.2, 0.25) is 5.88 Å². The fraction of sp³-hybridized carbons (Fsp3) is 0.667. The van der Waals surface area contributed by atoms with Gasteiger partial charge < -0.3 is 15.4 Å². The topological polar surface area (TPSA) is 63.2 Å². The minimum Gasteiger partial charge on any atom is -0.475 e. The van der Waals surface area contributed by atoms with Crippen molar-refractivity contribution in [1.82, 2.24) is 15.6 Å². The van der Waals surface area contributed by atoms with E-state index in [0.29, 0.717) is 50.9 Å². The van der Waals surface area contributed by atoms with Crippen LogP contribution in [0.4, 0.5) is 13.6 Å². The van der Waals surface area contributed by atoms with Crippen LogP contribution in [0.5, 0.6) is 5.88 Å². The molecule has 1 aromatic rings. The molecule has 3 saturated carbocycles. The molecule has 2 N–H and O–H groups in total. The van der Waals surface area contributed by atoms with Crippen LogP contribution in [0.1, 0.15) is 51.0 Å². The highest BCUT2D eigenvalue weighted by Crippen LogP contribution is 2.48. The Balaban J connectivity index is 1.48. The highest BCUT2D eigenvalue weighted by atomic mass is 19.1. The van der Waals surface area contributed by atoms with E-state index in [1.54, 1.807) is 18.3 Å². The predicted molar refractivity (Wildman–Crippen MR) is 89.9 cm³/mol. The lowest BCUT2D eigenvalue weighted by molar-refractivity contribution is -0.00342. The van der Waals surface area contributed by atoms with Crippen LogP contribution in [-0.4, -0.2) is 35.0 Å². The molecule has 1 heterocycles. The molecule has 0 spiro atoms. The molecule has 0 aliphatic heterocycles. The lowest BCUT2D eigenvalue weighted by Crippen LogP contribution is -2.59. The lowest BCUT2D eigenvalue weighted by Gasteiger charge is -2.49. The van der Waals surface area contributed by atoms with Gasteiger partial charge in [-0.15, -0.1) is 0 Å². The maximum Gasteiger partial charge on any atom is 0.315 e. The third-order valence-corrected chi connectivity index (χ3v) is 5.25. The first kappa shape index (κ1) is 17.9. The molecule has 4 rings (SSSR count). The van der Waals surface area contributed by atoms with Crippen LogP contribution in [0.2, 0.25) is 0 Å². The molecule has 0 aromatic carbocycles. The molecule has 3 fully saturated rings. The van der Waals surface area contributed by atoms with Gasteiger partial charge in [-0.3, -0.25) is 0 Å². The molecule has 2 bridgehead atoms. The van der Waals surface area contributed by atoms with E-state index in [-0.39, 0.29) is 18.2 Å². The van der Waals surface area contributed by atoms with Gasteiger partial charge in [0.15, 0.2) is 0 Å². The van der Waals surface area contributed by atoms with Gasteiger partial charge in [-0.2, -0.15) is 0 Å². The summed E-state index contributed by atoms with van der Waals surface area (Å²) >= 11 is 0. The Morgan fingerprint density at radius 1 is 1.32 bits per heavy atom. The number of pyridine rings is 1. The summed E-state index contributed by atoms with van der Waals surface area (Å²) in [5.74, 6) is 0.335. The van der Waals surface area contributed by atoms with E-state index in [1.807, 2.05) is 0 Å². The summed E-state index contributed by atoms with van der Waals surface area (Å²) in [5, 5.41) is 5.87. The number of hydrogen-bond donors (Lipinski definition) is 2. The quantitative estimate of drug-likeness (QED) is 0.824. The molecule has 5 nitrogen and oxygen atoms in total. The Bertz CT molecular complexity index is 600. The van der Waals surface area contributed by atoms with Crippen molar-refractivity contribution in [1.29, 1.82) is 0 Å². The van der Waals surface area contributed by atoms with Gasteiger partial charge in [0.25, 0.3) is 0 Å². The van der Waals surface area contributed by atoms with Gasteiger partial charge in [0.05, 0.1) is 0 Å². The van der Waals surface area contributed by atoms with Crippen LogP contribution in [0.3, 0.4) is 0 Å². The number of hydrogen-bond acceptors (Lipinski definition) is 3. The number of nitrogens with one attached hydrogen (secondary N) is 2. The van der Waals surface area contributed by atoms with Gasteiger partial charge in [-0.05, 0) is 57.1 Å². The number of fused-ring (bicyclic) bond motifs is 3. The third-order valence-electron chi connectivity index (χ3n) is 5.25. The molecule has 0 unspecified atom stereocenters. The van der Waals surface area contributed by atoms with Crippen molar-refractivity contribution in [2.24, 2.45) is 0 Å². The number of urea groups is 1. The zero-order valence-corrected chi connectivity index (χ0v) is 14.5. The van der Waals surface area contributed by atoms with Crippen LogP contribution in [0.25, 0.3) is 0 Å². The third kappa shape index (κ3) is 4.58. The van der Waals surface area contributed by atoms with Gasteiger partial charge in [0, 0.05) is 24.3 Å². The molecule has 3 aliphatic rings. The first-order valence-electron chi connectivity index (χ1n) is 8.85. The molecule has 7 heteroatoms. The van der Waals surface area contributed by atoms with Crippen molar-refractivity contribution in [2.45, 2.75) is 69.4 Å². The van der Waals surface area contributed by atoms with Crippen molar-refractivity contribution >= 4 is 6.03 Å². The van der Waals surface area contributed by atoms with E-state index in [9.17, 15) is 13.6 Å². The first-order valence-corrected chi connectivity index (χ1v) is 8.85. The number of aromatic nitrogens is 1. The first-order chi connectivity index (χ1) is 11.9. The zero-order valence-electron chi connectivity index (χ0n) is 14.5. The number of nitrogens with zero attached hydrogens (tertiary/aromatic N) is 1. The largest absolute Gasteiger partial charge is 0.475 e. The monoisotopic (exact) mass is 353 g/mol. The Morgan fingerprint density at radius 3 is 2.64 bits per heavy atom. The summed E-state index contributed by atoms with van der Waals surface area (Å²) in [6.45, 7) is 1.68. The minimum absolute atomic E-state index is 0.0526. The average Bonchev–Trinajstić information content (AvgIpc) is 2.60. The molecular formula is C18H25F2N3O2. The molecular weight excluding hydrogens is 328 g/mol. The fourth-order valence-corrected chi connectivity index (χ4v) is 3.63. The second kappa shape index (κ2) is 7.14. The van der Waals surface area contributed by atoms with E-state index in [1.165, 1.54) is 6.92 Å². The van der Waals surface area contributed by atoms with E-state index >= 15 is 0 Å². The summed E-state index contributed by atoms with van der Waals surface area (Å²) in [7, 11) is 0. The molecule has 138 valence electrons. The van der Waals surface area contributed by atoms with Gasteiger partial charge >= 0.3 is 6.03 Å². The van der Waals surface area contributed by atoms with Crippen molar-refractivity contribution in [3.63, 3.8) is 0 Å². The maximum absolute atomic E-state index is 14.2. The smallest absolute Gasteiger partial charge is 0.315 e. The van der Waals surface area contributed by atoms with Crippen molar-refractivity contribution < 1.29 is 18.3 Å². The van der Waals surface area contributed by atoms with Crippen LogP contribution in [0, 0.1) is 0 Å². The number of halogens is 2. The molecule has 0 saturated heterocycles. The number of rotatable bonds is 6. The normalized spacial score (nSPS) is 29.1. The van der Waals surface area contributed by atoms with Gasteiger partial charge in [-0.1, -0.05) is 0 Å². The van der Waals surface area contributed by atoms with Crippen LogP contribution < -0.4 is 15.4 Å². The number of carbonyl (C=O) groups is 1. The molecule has 0 radical (unpaired) electrons. The average molecular weight is 353 g/mol. The molecule has 25 heavy (non-hydrogen) atoms. The van der Waals surface area contributed by atoms with Crippen molar-refractivity contribution in [3.8, 4) is 5.88 Å². The number of amides is 2. The van der Waals surface area contributed by atoms with Crippen molar-refractivity contribution in [2.75, 3.05) is 6.61 Å². The van der Waals surface area contributed by atoms with Crippen molar-refractivity contribution in [3.05, 3.63) is 23.9 Å². The van der Waals surface area contributed by atoms with Crippen LogP contribution >= 0.6 is 0 Å². The van der Waals surface area contributed by atoms with E-state index in [2.05, 4.69) is 15.6 Å². The standard InChI is InChI=1S/C18H25F2N3O2/c1-13(19)12-25-15-10-14(2-9-21-15)11-22-16(24)23-18-6-3-17(20,4-7-18)5-8-18/h2,9-10,13H,3-8,11-12H2,1H3,(H2,22,23,24)/t13-,17?,18?/m0/s1. The summed E-state index contributed by atoms with van der Waals surface area (Å²) in [6, 6.07) is 3.20. The van der Waals surface area contributed by atoms with Crippen LogP contribution in [0.15, 0.2) is 18.3 Å². The Labute approximate surface area is 146 Å². The second-order valence-corrected chi connectivity index (χ2v) is 7.33. The second-order valence-electron chi connectivity index (χ2n) is 7.33. The van der Waals surface area contributed by atoms with E-state index in [4.69, 9.17) is 4.74 Å². The van der Waals surface area contributed by atoms with Gasteiger partial charge in [-0.25, -0.2) is 18.6 Å². The number of carbonyl (C=O) groups excluding carboxylic acids is 1. The van der Waals surface area contributed by atoms with E-state index in [0.717, 1.165) is 5.56 Å². The highest BCUT2D eigenvalue weighted by molar-refractivity contribution is 5.74. The Morgan fingerprint density at radius 2 is 2.00 bits per heavy atom. The molecule has 3 aliphatic carbocycles.